The molecule has 6 nitrogen and oxygen atoms in total. The Balaban J connectivity index is 1.94. The van der Waals surface area contributed by atoms with Crippen molar-refractivity contribution in [2.45, 2.75) is 32.6 Å². The fraction of sp³-hybridized carbons (Fsp3) is 0.440. The Kier molecular flexibility index (Phi) is 7.55. The lowest BCUT2D eigenvalue weighted by atomic mass is 9.87. The zero-order chi connectivity index (χ0) is 22.4. The summed E-state index contributed by atoms with van der Waals surface area (Å²) in [7, 11) is 3.20. The summed E-state index contributed by atoms with van der Waals surface area (Å²) in [6.45, 7) is 5.48. The van der Waals surface area contributed by atoms with Crippen LogP contribution in [0, 0.1) is 12.8 Å². The van der Waals surface area contributed by atoms with Crippen LogP contribution < -0.4 is 14.8 Å². The molecule has 1 N–H and O–H groups in total. The molecule has 0 aromatic heterocycles. The second-order valence-corrected chi connectivity index (χ2v) is 7.97. The number of nitrogens with one attached hydrogen (secondary N) is 1. The first-order valence-corrected chi connectivity index (χ1v) is 10.8. The van der Waals surface area contributed by atoms with Gasteiger partial charge in [-0.25, -0.2) is 0 Å². The first kappa shape index (κ1) is 22.7. The molecular formula is C25H32N2O4. The molecule has 0 radical (unpaired) electrons. The van der Waals surface area contributed by atoms with Gasteiger partial charge in [-0.15, -0.1) is 0 Å². The molecule has 1 heterocycles. The summed E-state index contributed by atoms with van der Waals surface area (Å²) in [4.78, 5) is 28.2. The smallest absolute Gasteiger partial charge is 0.254 e. The molecular weight excluding hydrogens is 392 g/mol. The van der Waals surface area contributed by atoms with Crippen molar-refractivity contribution in [2.24, 2.45) is 5.92 Å². The molecule has 0 saturated carbocycles. The van der Waals surface area contributed by atoms with Crippen molar-refractivity contribution < 1.29 is 19.1 Å². The number of methoxy groups -OCH3 is 2. The number of hydrogen-bond acceptors (Lipinski definition) is 4. The van der Waals surface area contributed by atoms with E-state index in [9.17, 15) is 9.59 Å². The van der Waals surface area contributed by atoms with E-state index in [0.717, 1.165) is 24.0 Å². The van der Waals surface area contributed by atoms with Gasteiger partial charge in [0.2, 0.25) is 5.91 Å². The van der Waals surface area contributed by atoms with E-state index in [4.69, 9.17) is 9.47 Å². The van der Waals surface area contributed by atoms with E-state index in [1.165, 1.54) is 0 Å². The minimum Gasteiger partial charge on any atom is -0.493 e. The predicted molar refractivity (Wildman–Crippen MR) is 121 cm³/mol. The number of aryl methyl sites for hydroxylation is 1. The van der Waals surface area contributed by atoms with Crippen LogP contribution >= 0.6 is 0 Å². The van der Waals surface area contributed by atoms with Gasteiger partial charge in [0.15, 0.2) is 11.5 Å². The molecule has 1 aliphatic heterocycles. The molecule has 0 bridgehead atoms. The lowest BCUT2D eigenvalue weighted by Gasteiger charge is -2.21. The monoisotopic (exact) mass is 424 g/mol. The molecule has 0 aliphatic carbocycles. The SMILES string of the molecule is CCCCNC(=O)[C@@H]1CN(C(=O)c2ccccc2C)C[C@H]1c1cccc(OC)c1OC. The highest BCUT2D eigenvalue weighted by Gasteiger charge is 2.42. The van der Waals surface area contributed by atoms with E-state index >= 15 is 0 Å². The van der Waals surface area contributed by atoms with Gasteiger partial charge < -0.3 is 19.7 Å². The predicted octanol–water partition coefficient (Wildman–Crippen LogP) is 3.78. The first-order chi connectivity index (χ1) is 15.0. The average molecular weight is 425 g/mol. The Morgan fingerprint density at radius 2 is 1.84 bits per heavy atom. The number of carbonyl (C=O) groups excluding carboxylic acids is 2. The van der Waals surface area contributed by atoms with Gasteiger partial charge in [0, 0.05) is 36.7 Å². The summed E-state index contributed by atoms with van der Waals surface area (Å²) >= 11 is 0. The molecule has 1 fully saturated rings. The molecule has 2 amide bonds. The largest absolute Gasteiger partial charge is 0.493 e. The molecule has 1 aliphatic rings. The number of nitrogens with zero attached hydrogens (tertiary/aromatic N) is 1. The van der Waals surface area contributed by atoms with Crippen LogP contribution in [0.5, 0.6) is 11.5 Å². The summed E-state index contributed by atoms with van der Waals surface area (Å²) in [5, 5.41) is 3.05. The third-order valence-electron chi connectivity index (χ3n) is 5.98. The van der Waals surface area contributed by atoms with E-state index in [-0.39, 0.29) is 23.7 Å². The fourth-order valence-corrected chi connectivity index (χ4v) is 4.26. The van der Waals surface area contributed by atoms with Crippen molar-refractivity contribution in [3.63, 3.8) is 0 Å². The number of rotatable bonds is 8. The molecule has 2 atom stereocenters. The summed E-state index contributed by atoms with van der Waals surface area (Å²) in [6.07, 6.45) is 1.94. The average Bonchev–Trinajstić information content (AvgIpc) is 3.24. The lowest BCUT2D eigenvalue weighted by Crippen LogP contribution is -2.36. The minimum atomic E-state index is -0.356. The van der Waals surface area contributed by atoms with Gasteiger partial charge in [-0.3, -0.25) is 9.59 Å². The van der Waals surface area contributed by atoms with Crippen molar-refractivity contribution in [1.29, 1.82) is 0 Å². The number of ether oxygens (including phenoxy) is 2. The van der Waals surface area contributed by atoms with Gasteiger partial charge in [-0.05, 0) is 31.0 Å². The van der Waals surface area contributed by atoms with E-state index in [1.807, 2.05) is 49.4 Å². The summed E-state index contributed by atoms with van der Waals surface area (Å²) in [5.74, 6) is 0.628. The van der Waals surface area contributed by atoms with Gasteiger partial charge in [0.1, 0.15) is 0 Å². The van der Waals surface area contributed by atoms with E-state index in [1.54, 1.807) is 19.1 Å². The number of likely N-dealkylation sites (tertiary alicyclic amines) is 1. The highest BCUT2D eigenvalue weighted by molar-refractivity contribution is 5.96. The molecule has 1 saturated heterocycles. The Labute approximate surface area is 184 Å². The number of amides is 2. The van der Waals surface area contributed by atoms with Crippen LogP contribution in [0.15, 0.2) is 42.5 Å². The molecule has 3 rings (SSSR count). The Bertz CT molecular complexity index is 927. The van der Waals surface area contributed by atoms with Gasteiger partial charge in [-0.1, -0.05) is 43.7 Å². The zero-order valence-electron chi connectivity index (χ0n) is 18.8. The third-order valence-corrected chi connectivity index (χ3v) is 5.98. The first-order valence-electron chi connectivity index (χ1n) is 10.8. The van der Waals surface area contributed by atoms with Crippen molar-refractivity contribution >= 4 is 11.8 Å². The van der Waals surface area contributed by atoms with Crippen LogP contribution in [0.25, 0.3) is 0 Å². The fourth-order valence-electron chi connectivity index (χ4n) is 4.26. The number of benzene rings is 2. The molecule has 0 spiro atoms. The van der Waals surface area contributed by atoms with Gasteiger partial charge in [0.05, 0.1) is 20.1 Å². The summed E-state index contributed by atoms with van der Waals surface area (Å²) in [5.41, 5.74) is 2.49. The highest BCUT2D eigenvalue weighted by atomic mass is 16.5. The van der Waals surface area contributed by atoms with Crippen LogP contribution in [-0.4, -0.2) is 50.6 Å². The molecule has 0 unspecified atom stereocenters. The number of unbranched alkanes of at least 4 members (excludes halogenated alkanes) is 1. The summed E-state index contributed by atoms with van der Waals surface area (Å²) in [6, 6.07) is 13.3. The minimum absolute atomic E-state index is 0.0246. The topological polar surface area (TPSA) is 67.9 Å². The number of hydrogen-bond donors (Lipinski definition) is 1. The van der Waals surface area contributed by atoms with E-state index in [0.29, 0.717) is 36.7 Å². The lowest BCUT2D eigenvalue weighted by molar-refractivity contribution is -0.124. The van der Waals surface area contributed by atoms with Crippen molar-refractivity contribution in [3.05, 3.63) is 59.2 Å². The normalized spacial score (nSPS) is 18.0. The molecule has 166 valence electrons. The van der Waals surface area contributed by atoms with Crippen molar-refractivity contribution in [3.8, 4) is 11.5 Å². The van der Waals surface area contributed by atoms with Crippen LogP contribution in [0.4, 0.5) is 0 Å². The maximum absolute atomic E-state index is 13.3. The van der Waals surface area contributed by atoms with Gasteiger partial charge in [-0.2, -0.15) is 0 Å². The van der Waals surface area contributed by atoms with Crippen molar-refractivity contribution in [1.82, 2.24) is 10.2 Å². The van der Waals surface area contributed by atoms with Crippen LogP contribution in [0.3, 0.4) is 0 Å². The maximum atomic E-state index is 13.3. The molecule has 2 aromatic rings. The maximum Gasteiger partial charge on any atom is 0.254 e. The van der Waals surface area contributed by atoms with Crippen LogP contribution in [-0.2, 0) is 4.79 Å². The van der Waals surface area contributed by atoms with Crippen LogP contribution in [0.2, 0.25) is 0 Å². The Morgan fingerprint density at radius 3 is 2.52 bits per heavy atom. The molecule has 6 heteroatoms. The Morgan fingerprint density at radius 1 is 1.06 bits per heavy atom. The number of para-hydroxylation sites is 1. The second kappa shape index (κ2) is 10.3. The van der Waals surface area contributed by atoms with Crippen molar-refractivity contribution in [2.75, 3.05) is 33.9 Å². The second-order valence-electron chi connectivity index (χ2n) is 7.97. The highest BCUT2D eigenvalue weighted by Crippen LogP contribution is 2.42. The molecule has 31 heavy (non-hydrogen) atoms. The third kappa shape index (κ3) is 4.84. The van der Waals surface area contributed by atoms with E-state index < -0.39 is 0 Å². The standard InChI is InChI=1S/C25H32N2O4/c1-5-6-14-26-24(28)21-16-27(25(29)18-11-8-7-10-17(18)2)15-20(21)19-12-9-13-22(30-3)23(19)31-4/h7-13,20-21H,5-6,14-16H2,1-4H3,(H,26,28)/t20-,21+/m0/s1. The number of carbonyl (C=O) groups is 2. The Hall–Kier alpha value is -3.02. The zero-order valence-corrected chi connectivity index (χ0v) is 18.8. The van der Waals surface area contributed by atoms with E-state index in [2.05, 4.69) is 12.2 Å². The molecule has 2 aromatic carbocycles. The van der Waals surface area contributed by atoms with Gasteiger partial charge >= 0.3 is 0 Å². The van der Waals surface area contributed by atoms with Crippen LogP contribution in [0.1, 0.15) is 47.2 Å². The quantitative estimate of drug-likeness (QED) is 0.655. The van der Waals surface area contributed by atoms with Gasteiger partial charge in [0.25, 0.3) is 5.91 Å². The summed E-state index contributed by atoms with van der Waals surface area (Å²) < 4.78 is 11.1.